The van der Waals surface area contributed by atoms with Crippen molar-refractivity contribution in [3.63, 3.8) is 0 Å². The molecule has 1 aromatic rings. The molecule has 0 unspecified atom stereocenters. The summed E-state index contributed by atoms with van der Waals surface area (Å²) in [5.41, 5.74) is 11.9. The lowest BCUT2D eigenvalue weighted by Gasteiger charge is -2.16. The van der Waals surface area contributed by atoms with E-state index in [1.807, 2.05) is 6.92 Å². The molecular formula is C12H20N8S. The number of nitrogens with zero attached hydrogens (tertiary/aromatic N) is 4. The number of hydrogen-bond acceptors (Lipinski definition) is 5. The largest absolute Gasteiger partial charge is 0.370 e. The van der Waals surface area contributed by atoms with Crippen molar-refractivity contribution in [1.82, 2.24) is 9.88 Å². The Kier molecular flexibility index (Phi) is 6.42. The first kappa shape index (κ1) is 16.7. The molecule has 0 saturated heterocycles. The van der Waals surface area contributed by atoms with Crippen LogP contribution in [0.15, 0.2) is 4.99 Å². The van der Waals surface area contributed by atoms with Gasteiger partial charge in [0, 0.05) is 18.5 Å². The van der Waals surface area contributed by atoms with Gasteiger partial charge in [-0.15, -0.1) is 16.3 Å². The van der Waals surface area contributed by atoms with Crippen molar-refractivity contribution in [3.8, 4) is 6.19 Å². The van der Waals surface area contributed by atoms with Gasteiger partial charge in [-0.3, -0.25) is 5.41 Å². The molecule has 0 aliphatic rings. The lowest BCUT2D eigenvalue weighted by atomic mass is 10.2. The minimum absolute atomic E-state index is 0.107. The third kappa shape index (κ3) is 5.66. The van der Waals surface area contributed by atoms with Gasteiger partial charge < -0.3 is 21.7 Å². The summed E-state index contributed by atoms with van der Waals surface area (Å²) >= 11 is 1.49. The van der Waals surface area contributed by atoms with Crippen LogP contribution in [-0.2, 0) is 6.42 Å². The Morgan fingerprint density at radius 1 is 1.52 bits per heavy atom. The SMILES string of the molecule is Cc1sc(NC(=N)N)nc1CCCCN(C)C(N)=NC#N. The Labute approximate surface area is 128 Å². The zero-order chi connectivity index (χ0) is 15.8. The Hall–Kier alpha value is -2.34. The second kappa shape index (κ2) is 8.06. The first-order chi connectivity index (χ1) is 9.93. The van der Waals surface area contributed by atoms with Crippen LogP contribution in [0.5, 0.6) is 0 Å². The van der Waals surface area contributed by atoms with Gasteiger partial charge in [0.05, 0.1) is 5.69 Å². The summed E-state index contributed by atoms with van der Waals surface area (Å²) in [6.45, 7) is 2.74. The normalized spacial score (nSPS) is 11.0. The minimum atomic E-state index is -0.107. The van der Waals surface area contributed by atoms with Crippen LogP contribution in [0.4, 0.5) is 5.13 Å². The highest BCUT2D eigenvalue weighted by atomic mass is 32.1. The standard InChI is InChI=1S/C12H20N8S/c1-8-9(18-12(21-8)19-10(14)15)5-3-4-6-20(2)11(16)17-7-13/h3-6H2,1-2H3,(H2,16,17)(H4,14,15,18,19). The quantitative estimate of drug-likeness (QED) is 0.265. The molecule has 1 heterocycles. The van der Waals surface area contributed by atoms with Crippen molar-refractivity contribution in [2.75, 3.05) is 18.9 Å². The van der Waals surface area contributed by atoms with Crippen molar-refractivity contribution in [2.24, 2.45) is 16.5 Å². The Morgan fingerprint density at radius 3 is 2.86 bits per heavy atom. The van der Waals surface area contributed by atoms with Gasteiger partial charge in [-0.1, -0.05) is 0 Å². The summed E-state index contributed by atoms with van der Waals surface area (Å²) in [5.74, 6) is 0.125. The van der Waals surface area contributed by atoms with Gasteiger partial charge in [0.1, 0.15) is 0 Å². The van der Waals surface area contributed by atoms with E-state index in [9.17, 15) is 0 Å². The number of aromatic nitrogens is 1. The van der Waals surface area contributed by atoms with Crippen molar-refractivity contribution in [3.05, 3.63) is 10.6 Å². The van der Waals surface area contributed by atoms with Gasteiger partial charge in [0.25, 0.3) is 0 Å². The number of anilines is 1. The first-order valence-electron chi connectivity index (χ1n) is 6.44. The second-order valence-electron chi connectivity index (χ2n) is 4.51. The van der Waals surface area contributed by atoms with Crippen LogP contribution in [0.2, 0.25) is 0 Å². The molecule has 1 rings (SSSR count). The van der Waals surface area contributed by atoms with Crippen LogP contribution < -0.4 is 16.8 Å². The first-order valence-corrected chi connectivity index (χ1v) is 7.26. The van der Waals surface area contributed by atoms with Gasteiger partial charge in [-0.25, -0.2) is 4.98 Å². The van der Waals surface area contributed by atoms with Crippen molar-refractivity contribution in [2.45, 2.75) is 26.2 Å². The van der Waals surface area contributed by atoms with E-state index in [1.54, 1.807) is 18.1 Å². The number of unbranched alkanes of at least 4 members (excludes halogenated alkanes) is 1. The molecule has 1 aromatic heterocycles. The number of guanidine groups is 2. The van der Waals surface area contributed by atoms with Crippen molar-refractivity contribution >= 4 is 28.4 Å². The predicted octanol–water partition coefficient (Wildman–Crippen LogP) is 0.807. The highest BCUT2D eigenvalue weighted by Crippen LogP contribution is 2.23. The van der Waals surface area contributed by atoms with Crippen molar-refractivity contribution in [1.29, 1.82) is 10.7 Å². The molecule has 114 valence electrons. The van der Waals surface area contributed by atoms with Gasteiger partial charge in [0.15, 0.2) is 11.1 Å². The number of rotatable bonds is 6. The third-order valence-electron chi connectivity index (χ3n) is 2.85. The molecule has 8 nitrogen and oxygen atoms in total. The molecule has 0 aromatic carbocycles. The second-order valence-corrected chi connectivity index (χ2v) is 5.71. The molecular weight excluding hydrogens is 288 g/mol. The monoisotopic (exact) mass is 308 g/mol. The molecule has 0 radical (unpaired) electrons. The molecule has 0 fully saturated rings. The summed E-state index contributed by atoms with van der Waals surface area (Å²) in [6.07, 6.45) is 4.39. The molecule has 0 bridgehead atoms. The molecule has 9 heteroatoms. The van der Waals surface area contributed by atoms with E-state index in [0.29, 0.717) is 5.13 Å². The number of aryl methyl sites for hydroxylation is 2. The van der Waals surface area contributed by atoms with Crippen LogP contribution >= 0.6 is 11.3 Å². The topological polar surface area (TPSA) is 140 Å². The lowest BCUT2D eigenvalue weighted by molar-refractivity contribution is 0.472. The molecule has 0 saturated carbocycles. The smallest absolute Gasteiger partial charge is 0.209 e. The fourth-order valence-corrected chi connectivity index (χ4v) is 2.59. The maximum absolute atomic E-state index is 8.42. The molecule has 0 aliphatic carbocycles. The molecule has 0 spiro atoms. The lowest BCUT2D eigenvalue weighted by Crippen LogP contribution is -2.34. The number of nitrogens with one attached hydrogen (secondary N) is 2. The van der Waals surface area contributed by atoms with Crippen LogP contribution in [-0.4, -0.2) is 35.4 Å². The number of nitriles is 1. The van der Waals surface area contributed by atoms with Crippen LogP contribution in [0.1, 0.15) is 23.4 Å². The predicted molar refractivity (Wildman–Crippen MR) is 85.2 cm³/mol. The average molecular weight is 308 g/mol. The van der Waals surface area contributed by atoms with E-state index >= 15 is 0 Å². The number of nitrogens with two attached hydrogens (primary N) is 2. The number of hydrogen-bond donors (Lipinski definition) is 4. The summed E-state index contributed by atoms with van der Waals surface area (Å²) in [6, 6.07) is 0. The van der Waals surface area contributed by atoms with E-state index < -0.39 is 0 Å². The number of aliphatic imine (C=N–C) groups is 1. The van der Waals surface area contributed by atoms with Crippen molar-refractivity contribution < 1.29 is 0 Å². The summed E-state index contributed by atoms with van der Waals surface area (Å²) in [5, 5.41) is 19.0. The van der Waals surface area contributed by atoms with Crippen LogP contribution in [0.3, 0.4) is 0 Å². The zero-order valence-electron chi connectivity index (χ0n) is 12.2. The summed E-state index contributed by atoms with van der Waals surface area (Å²) in [4.78, 5) is 10.8. The van der Waals surface area contributed by atoms with Crippen LogP contribution in [0, 0.1) is 23.8 Å². The van der Waals surface area contributed by atoms with Gasteiger partial charge in [-0.05, 0) is 26.2 Å². The highest BCUT2D eigenvalue weighted by Gasteiger charge is 2.08. The maximum atomic E-state index is 8.42. The maximum Gasteiger partial charge on any atom is 0.209 e. The highest BCUT2D eigenvalue weighted by molar-refractivity contribution is 7.15. The molecule has 0 amide bonds. The van der Waals surface area contributed by atoms with E-state index in [0.717, 1.165) is 36.4 Å². The minimum Gasteiger partial charge on any atom is -0.370 e. The van der Waals surface area contributed by atoms with E-state index in [1.165, 1.54) is 11.3 Å². The Morgan fingerprint density at radius 2 is 2.24 bits per heavy atom. The van der Waals surface area contributed by atoms with Gasteiger partial charge in [0.2, 0.25) is 12.2 Å². The molecule has 6 N–H and O–H groups in total. The van der Waals surface area contributed by atoms with E-state index in [2.05, 4.69) is 15.3 Å². The molecule has 0 aliphatic heterocycles. The van der Waals surface area contributed by atoms with Crippen LogP contribution in [0.25, 0.3) is 0 Å². The molecule has 21 heavy (non-hydrogen) atoms. The number of thiazole rings is 1. The fraction of sp³-hybridized carbons (Fsp3) is 0.500. The van der Waals surface area contributed by atoms with E-state index in [-0.39, 0.29) is 11.9 Å². The molecule has 0 atom stereocenters. The Balaban J connectivity index is 2.39. The average Bonchev–Trinajstić information content (AvgIpc) is 2.74. The Bertz CT molecular complexity index is 556. The summed E-state index contributed by atoms with van der Waals surface area (Å²) in [7, 11) is 1.80. The zero-order valence-corrected chi connectivity index (χ0v) is 13.0. The van der Waals surface area contributed by atoms with Gasteiger partial charge >= 0.3 is 0 Å². The van der Waals surface area contributed by atoms with E-state index in [4.69, 9.17) is 22.1 Å². The van der Waals surface area contributed by atoms with Gasteiger partial charge in [-0.2, -0.15) is 5.26 Å². The third-order valence-corrected chi connectivity index (χ3v) is 3.78. The summed E-state index contributed by atoms with van der Waals surface area (Å²) < 4.78 is 0. The fourth-order valence-electron chi connectivity index (χ4n) is 1.72.